The zero-order valence-corrected chi connectivity index (χ0v) is 9.77. The quantitative estimate of drug-likeness (QED) is 0.706. The average molecular weight is 222 g/mol. The second-order valence-electron chi connectivity index (χ2n) is 4.32. The summed E-state index contributed by atoms with van der Waals surface area (Å²) in [7, 11) is 0. The van der Waals surface area contributed by atoms with Gasteiger partial charge in [0.1, 0.15) is 0 Å². The predicted molar refractivity (Wildman–Crippen MR) is 70.1 cm³/mol. The van der Waals surface area contributed by atoms with Crippen molar-refractivity contribution in [2.24, 2.45) is 0 Å². The van der Waals surface area contributed by atoms with Crippen molar-refractivity contribution < 1.29 is 0 Å². The number of para-hydroxylation sites is 1. The molecule has 0 saturated heterocycles. The first-order chi connectivity index (χ1) is 8.34. The Hall–Kier alpha value is -2.09. The van der Waals surface area contributed by atoms with E-state index >= 15 is 0 Å². The molecule has 17 heavy (non-hydrogen) atoms. The van der Waals surface area contributed by atoms with Gasteiger partial charge in [0, 0.05) is 17.5 Å². The molecule has 0 amide bonds. The number of fused-ring (bicyclic) bond motifs is 1. The third kappa shape index (κ3) is 1.82. The van der Waals surface area contributed by atoms with E-state index < -0.39 is 0 Å². The molecule has 2 aromatic carbocycles. The Morgan fingerprint density at radius 2 is 1.76 bits per heavy atom. The van der Waals surface area contributed by atoms with Crippen LogP contribution < -0.4 is 0 Å². The molecule has 0 radical (unpaired) electrons. The summed E-state index contributed by atoms with van der Waals surface area (Å²) < 4.78 is 0. The van der Waals surface area contributed by atoms with Crippen LogP contribution in [0.2, 0.25) is 0 Å². The van der Waals surface area contributed by atoms with Crippen LogP contribution in [0.4, 0.5) is 0 Å². The molecule has 0 aliphatic heterocycles. The Labute approximate surface area is 100 Å². The maximum Gasteiger partial charge on any atom is 0.0923 e. The fraction of sp³-hybridized carbons (Fsp3) is 0.133. The van der Waals surface area contributed by atoms with Crippen molar-refractivity contribution >= 4 is 10.9 Å². The molecule has 1 N–H and O–H groups in total. The third-order valence-electron chi connectivity index (χ3n) is 3.17. The number of aryl methyl sites for hydroxylation is 1. The number of aromatic amines is 1. The first-order valence-corrected chi connectivity index (χ1v) is 5.81. The van der Waals surface area contributed by atoms with Crippen molar-refractivity contribution in [2.75, 3.05) is 0 Å². The number of H-pyrrole nitrogens is 1. The van der Waals surface area contributed by atoms with Crippen molar-refractivity contribution in [2.45, 2.75) is 13.3 Å². The number of hydrogen-bond donors (Lipinski definition) is 1. The number of rotatable bonds is 2. The molecule has 0 bridgehead atoms. The number of hydrogen-bond acceptors (Lipinski definition) is 1. The highest BCUT2D eigenvalue weighted by molar-refractivity contribution is 5.81. The Balaban J connectivity index is 2.03. The topological polar surface area (TPSA) is 28.7 Å². The van der Waals surface area contributed by atoms with Gasteiger partial charge in [-0.3, -0.25) is 5.10 Å². The van der Waals surface area contributed by atoms with E-state index in [2.05, 4.69) is 53.5 Å². The highest BCUT2D eigenvalue weighted by Gasteiger charge is 2.06. The molecule has 0 fully saturated rings. The van der Waals surface area contributed by atoms with Gasteiger partial charge in [0.15, 0.2) is 0 Å². The van der Waals surface area contributed by atoms with Gasteiger partial charge < -0.3 is 0 Å². The molecule has 0 atom stereocenters. The molecular formula is C15H14N2. The van der Waals surface area contributed by atoms with E-state index in [1.54, 1.807) is 0 Å². The van der Waals surface area contributed by atoms with E-state index in [0.29, 0.717) is 0 Å². The molecule has 3 rings (SSSR count). The summed E-state index contributed by atoms with van der Waals surface area (Å²) in [6.45, 7) is 2.15. The summed E-state index contributed by atoms with van der Waals surface area (Å²) in [5, 5.41) is 8.68. The molecule has 2 heteroatoms. The minimum Gasteiger partial charge on any atom is -0.281 e. The molecular weight excluding hydrogens is 208 g/mol. The molecule has 3 aromatic rings. The molecule has 0 aliphatic rings. The average Bonchev–Trinajstić information content (AvgIpc) is 2.76. The Bertz CT molecular complexity index is 653. The highest BCUT2D eigenvalue weighted by atomic mass is 15.1. The largest absolute Gasteiger partial charge is 0.281 e. The smallest absolute Gasteiger partial charge is 0.0923 e. The lowest BCUT2D eigenvalue weighted by Gasteiger charge is -2.03. The van der Waals surface area contributed by atoms with Crippen LogP contribution >= 0.6 is 0 Å². The van der Waals surface area contributed by atoms with E-state index in [1.165, 1.54) is 22.2 Å². The summed E-state index contributed by atoms with van der Waals surface area (Å²) in [5.41, 5.74) is 4.90. The fourth-order valence-electron chi connectivity index (χ4n) is 2.15. The van der Waals surface area contributed by atoms with Crippen molar-refractivity contribution in [3.63, 3.8) is 0 Å². The van der Waals surface area contributed by atoms with Crippen molar-refractivity contribution in [1.29, 1.82) is 0 Å². The minimum absolute atomic E-state index is 0.910. The lowest BCUT2D eigenvalue weighted by molar-refractivity contribution is 1.00. The minimum atomic E-state index is 0.910. The molecule has 84 valence electrons. The second-order valence-corrected chi connectivity index (χ2v) is 4.32. The van der Waals surface area contributed by atoms with Gasteiger partial charge in [0.2, 0.25) is 0 Å². The lowest BCUT2D eigenvalue weighted by Crippen LogP contribution is -1.92. The predicted octanol–water partition coefficient (Wildman–Crippen LogP) is 3.46. The summed E-state index contributed by atoms with van der Waals surface area (Å²) in [5.74, 6) is 0. The zero-order chi connectivity index (χ0) is 11.7. The molecule has 0 unspecified atom stereocenters. The molecule has 0 spiro atoms. The SMILES string of the molecule is Cc1ccccc1Cc1[nH]nc2ccccc12. The van der Waals surface area contributed by atoms with E-state index in [-0.39, 0.29) is 0 Å². The number of nitrogens with zero attached hydrogens (tertiary/aromatic N) is 1. The van der Waals surface area contributed by atoms with E-state index in [9.17, 15) is 0 Å². The molecule has 1 aromatic heterocycles. The second kappa shape index (κ2) is 4.06. The van der Waals surface area contributed by atoms with Gasteiger partial charge in [0.25, 0.3) is 0 Å². The van der Waals surface area contributed by atoms with Gasteiger partial charge in [0.05, 0.1) is 5.52 Å². The Morgan fingerprint density at radius 3 is 2.65 bits per heavy atom. The number of aromatic nitrogens is 2. The summed E-state index contributed by atoms with van der Waals surface area (Å²) >= 11 is 0. The van der Waals surface area contributed by atoms with Crippen molar-refractivity contribution in [3.05, 3.63) is 65.4 Å². The summed E-state index contributed by atoms with van der Waals surface area (Å²) in [6.07, 6.45) is 0.910. The number of nitrogens with one attached hydrogen (secondary N) is 1. The van der Waals surface area contributed by atoms with Gasteiger partial charge in [-0.15, -0.1) is 0 Å². The van der Waals surface area contributed by atoms with E-state index in [1.807, 2.05) is 12.1 Å². The van der Waals surface area contributed by atoms with Crippen LogP contribution in [-0.4, -0.2) is 10.2 Å². The Kier molecular flexibility index (Phi) is 2.41. The third-order valence-corrected chi connectivity index (χ3v) is 3.17. The standard InChI is InChI=1S/C15H14N2/c1-11-6-2-3-7-12(11)10-15-13-8-4-5-9-14(13)16-17-15/h2-9H,10H2,1H3,(H,16,17). The normalized spacial score (nSPS) is 10.9. The molecule has 0 saturated carbocycles. The van der Waals surface area contributed by atoms with E-state index in [4.69, 9.17) is 0 Å². The van der Waals surface area contributed by atoms with Crippen LogP contribution in [0.25, 0.3) is 10.9 Å². The fourth-order valence-corrected chi connectivity index (χ4v) is 2.15. The Morgan fingerprint density at radius 1 is 1.00 bits per heavy atom. The molecule has 0 aliphatic carbocycles. The maximum atomic E-state index is 4.32. The van der Waals surface area contributed by atoms with Crippen LogP contribution in [0.1, 0.15) is 16.8 Å². The summed E-state index contributed by atoms with van der Waals surface area (Å²) in [6, 6.07) is 16.7. The first kappa shape index (κ1) is 10.1. The van der Waals surface area contributed by atoms with Gasteiger partial charge in [-0.2, -0.15) is 5.10 Å². The number of benzene rings is 2. The van der Waals surface area contributed by atoms with E-state index in [0.717, 1.165) is 11.9 Å². The van der Waals surface area contributed by atoms with Crippen LogP contribution in [0.15, 0.2) is 48.5 Å². The van der Waals surface area contributed by atoms with Crippen LogP contribution in [0.5, 0.6) is 0 Å². The van der Waals surface area contributed by atoms with Gasteiger partial charge in [-0.25, -0.2) is 0 Å². The first-order valence-electron chi connectivity index (χ1n) is 5.81. The molecule has 2 nitrogen and oxygen atoms in total. The lowest BCUT2D eigenvalue weighted by atomic mass is 10.0. The van der Waals surface area contributed by atoms with Gasteiger partial charge >= 0.3 is 0 Å². The molecule has 1 heterocycles. The van der Waals surface area contributed by atoms with Gasteiger partial charge in [-0.05, 0) is 24.1 Å². The summed E-state index contributed by atoms with van der Waals surface area (Å²) in [4.78, 5) is 0. The monoisotopic (exact) mass is 222 g/mol. The van der Waals surface area contributed by atoms with Crippen molar-refractivity contribution in [3.8, 4) is 0 Å². The van der Waals surface area contributed by atoms with Crippen molar-refractivity contribution in [1.82, 2.24) is 10.2 Å². The highest BCUT2D eigenvalue weighted by Crippen LogP contribution is 2.19. The van der Waals surface area contributed by atoms with Gasteiger partial charge in [-0.1, -0.05) is 42.5 Å². The zero-order valence-electron chi connectivity index (χ0n) is 9.77. The van der Waals surface area contributed by atoms with Crippen LogP contribution in [0, 0.1) is 6.92 Å². The maximum absolute atomic E-state index is 4.32. The van der Waals surface area contributed by atoms with Crippen LogP contribution in [0.3, 0.4) is 0 Å². The van der Waals surface area contributed by atoms with Crippen LogP contribution in [-0.2, 0) is 6.42 Å².